The van der Waals surface area contributed by atoms with Gasteiger partial charge in [0.1, 0.15) is 0 Å². The average Bonchev–Trinajstić information content (AvgIpc) is 2.46. The van der Waals surface area contributed by atoms with Gasteiger partial charge in [-0.15, -0.1) is 0 Å². The lowest BCUT2D eigenvalue weighted by molar-refractivity contribution is 0.795. The van der Waals surface area contributed by atoms with Crippen molar-refractivity contribution in [1.82, 2.24) is 0 Å². The van der Waals surface area contributed by atoms with E-state index < -0.39 is 0 Å². The van der Waals surface area contributed by atoms with E-state index in [1.807, 2.05) is 36.4 Å². The molecule has 0 aliphatic carbocycles. The van der Waals surface area contributed by atoms with Crippen molar-refractivity contribution in [2.75, 3.05) is 0 Å². The minimum Gasteiger partial charge on any atom is -0.151 e. The maximum Gasteiger partial charge on any atom is 0.0857 e. The zero-order valence-electron chi connectivity index (χ0n) is 11.0. The fourth-order valence-electron chi connectivity index (χ4n) is 1.73. The molecular formula is C16H17BrN2. The number of hydrogen-bond acceptors (Lipinski definition) is 2. The topological polar surface area (TPSA) is 24.7 Å². The Bertz CT molecular complexity index is 530. The largest absolute Gasteiger partial charge is 0.151 e. The number of halogens is 1. The van der Waals surface area contributed by atoms with Crippen molar-refractivity contribution in [2.24, 2.45) is 10.2 Å². The molecule has 0 aliphatic rings. The van der Waals surface area contributed by atoms with E-state index in [-0.39, 0.29) is 0 Å². The summed E-state index contributed by atoms with van der Waals surface area (Å²) in [4.78, 5) is 0. The second kappa shape index (κ2) is 7.19. The molecule has 0 spiro atoms. The van der Waals surface area contributed by atoms with Crippen molar-refractivity contribution in [3.8, 4) is 0 Å². The number of benzene rings is 2. The predicted octanol–water partition coefficient (Wildman–Crippen LogP) is 6.21. The fourth-order valence-corrected chi connectivity index (χ4v) is 2.00. The van der Waals surface area contributed by atoms with Gasteiger partial charge < -0.3 is 0 Å². The van der Waals surface area contributed by atoms with E-state index in [0.717, 1.165) is 22.3 Å². The molecule has 2 aromatic rings. The van der Waals surface area contributed by atoms with Gasteiger partial charge in [0.15, 0.2) is 0 Å². The maximum atomic E-state index is 4.24. The lowest BCUT2D eigenvalue weighted by Gasteiger charge is -1.99. The Balaban J connectivity index is 2.00. The fraction of sp³-hybridized carbons (Fsp3) is 0.250. The maximum absolute atomic E-state index is 4.24. The molecule has 3 heteroatoms. The van der Waals surface area contributed by atoms with Crippen LogP contribution in [0.25, 0.3) is 0 Å². The van der Waals surface area contributed by atoms with E-state index in [4.69, 9.17) is 0 Å². The van der Waals surface area contributed by atoms with Gasteiger partial charge in [-0.3, -0.25) is 0 Å². The number of unbranched alkanes of at least 4 members (excludes halogenated alkanes) is 1. The Labute approximate surface area is 122 Å². The molecule has 0 aromatic heterocycles. The van der Waals surface area contributed by atoms with Crippen molar-refractivity contribution >= 4 is 27.3 Å². The first-order valence-corrected chi connectivity index (χ1v) is 7.33. The lowest BCUT2D eigenvalue weighted by Crippen LogP contribution is -1.82. The van der Waals surface area contributed by atoms with E-state index in [1.54, 1.807) is 0 Å². The number of nitrogens with zero attached hydrogens (tertiary/aromatic N) is 2. The summed E-state index contributed by atoms with van der Waals surface area (Å²) in [5, 5.41) is 8.45. The van der Waals surface area contributed by atoms with Gasteiger partial charge in [0.2, 0.25) is 0 Å². The van der Waals surface area contributed by atoms with Crippen LogP contribution in [0.5, 0.6) is 0 Å². The number of hydrogen-bond donors (Lipinski definition) is 0. The third-order valence-electron chi connectivity index (χ3n) is 2.86. The van der Waals surface area contributed by atoms with Gasteiger partial charge in [-0.25, -0.2) is 0 Å². The molecule has 2 aromatic carbocycles. The van der Waals surface area contributed by atoms with Gasteiger partial charge in [-0.05, 0) is 54.8 Å². The molecule has 0 atom stereocenters. The van der Waals surface area contributed by atoms with E-state index in [2.05, 4.69) is 45.2 Å². The van der Waals surface area contributed by atoms with Crippen molar-refractivity contribution in [1.29, 1.82) is 0 Å². The van der Waals surface area contributed by atoms with Gasteiger partial charge in [-0.1, -0.05) is 41.4 Å². The van der Waals surface area contributed by atoms with Crippen LogP contribution in [-0.4, -0.2) is 0 Å². The summed E-state index contributed by atoms with van der Waals surface area (Å²) in [6.45, 7) is 2.21. The third-order valence-corrected chi connectivity index (χ3v) is 3.39. The second-order valence-corrected chi connectivity index (χ2v) is 5.36. The molecule has 0 heterocycles. The summed E-state index contributed by atoms with van der Waals surface area (Å²) in [5.74, 6) is 0. The molecule has 0 radical (unpaired) electrons. The lowest BCUT2D eigenvalue weighted by atomic mass is 10.1. The molecule has 0 saturated heterocycles. The van der Waals surface area contributed by atoms with Crippen molar-refractivity contribution in [2.45, 2.75) is 26.2 Å². The molecule has 98 valence electrons. The van der Waals surface area contributed by atoms with Gasteiger partial charge in [0.05, 0.1) is 11.4 Å². The van der Waals surface area contributed by atoms with Gasteiger partial charge in [0.25, 0.3) is 0 Å². The van der Waals surface area contributed by atoms with Crippen LogP contribution in [0.1, 0.15) is 25.3 Å². The van der Waals surface area contributed by atoms with Crippen LogP contribution in [0.2, 0.25) is 0 Å². The predicted molar refractivity (Wildman–Crippen MR) is 83.4 cm³/mol. The van der Waals surface area contributed by atoms with Gasteiger partial charge >= 0.3 is 0 Å². The molecule has 2 nitrogen and oxygen atoms in total. The smallest absolute Gasteiger partial charge is 0.0857 e. The highest BCUT2D eigenvalue weighted by Gasteiger charge is 1.94. The molecule has 0 N–H and O–H groups in total. The standard InChI is InChI=1S/C16H17BrN2/c1-2-3-4-13-5-9-15(10-6-13)18-19-16-11-7-14(17)8-12-16/h5-12H,2-4H2,1H3. The Morgan fingerprint density at radius 1 is 0.842 bits per heavy atom. The van der Waals surface area contributed by atoms with Crippen LogP contribution in [0.3, 0.4) is 0 Å². The molecule has 0 amide bonds. The molecule has 0 aliphatic heterocycles. The summed E-state index contributed by atoms with van der Waals surface area (Å²) < 4.78 is 1.05. The van der Waals surface area contributed by atoms with Crippen LogP contribution in [0.4, 0.5) is 11.4 Å². The highest BCUT2D eigenvalue weighted by Crippen LogP contribution is 2.21. The minimum atomic E-state index is 0.859. The number of rotatable bonds is 5. The molecule has 19 heavy (non-hydrogen) atoms. The molecular weight excluding hydrogens is 300 g/mol. The average molecular weight is 317 g/mol. The number of azo groups is 1. The van der Waals surface area contributed by atoms with E-state index >= 15 is 0 Å². The van der Waals surface area contributed by atoms with Gasteiger partial charge in [-0.2, -0.15) is 10.2 Å². The SMILES string of the molecule is CCCCc1ccc(N=Nc2ccc(Br)cc2)cc1. The monoisotopic (exact) mass is 316 g/mol. The Kier molecular flexibility index (Phi) is 5.28. The summed E-state index contributed by atoms with van der Waals surface area (Å²) in [6, 6.07) is 16.1. The highest BCUT2D eigenvalue weighted by atomic mass is 79.9. The molecule has 0 unspecified atom stereocenters. The van der Waals surface area contributed by atoms with Crippen LogP contribution in [-0.2, 0) is 6.42 Å². The minimum absolute atomic E-state index is 0.859. The second-order valence-electron chi connectivity index (χ2n) is 4.45. The Hall–Kier alpha value is -1.48. The summed E-state index contributed by atoms with van der Waals surface area (Å²) in [6.07, 6.45) is 3.60. The Morgan fingerprint density at radius 3 is 1.89 bits per heavy atom. The van der Waals surface area contributed by atoms with Gasteiger partial charge in [0, 0.05) is 4.47 Å². The number of aryl methyl sites for hydroxylation is 1. The quantitative estimate of drug-likeness (QED) is 0.586. The first-order valence-electron chi connectivity index (χ1n) is 6.54. The molecule has 2 rings (SSSR count). The highest BCUT2D eigenvalue weighted by molar-refractivity contribution is 9.10. The van der Waals surface area contributed by atoms with E-state index in [0.29, 0.717) is 0 Å². The van der Waals surface area contributed by atoms with Crippen molar-refractivity contribution in [3.05, 3.63) is 58.6 Å². The third kappa shape index (κ3) is 4.60. The first kappa shape index (κ1) is 13.9. The Morgan fingerprint density at radius 2 is 1.37 bits per heavy atom. The first-order chi connectivity index (χ1) is 9.28. The van der Waals surface area contributed by atoms with Crippen LogP contribution in [0, 0.1) is 0 Å². The zero-order chi connectivity index (χ0) is 13.5. The van der Waals surface area contributed by atoms with Crippen molar-refractivity contribution in [3.63, 3.8) is 0 Å². The summed E-state index contributed by atoms with van der Waals surface area (Å²) in [7, 11) is 0. The van der Waals surface area contributed by atoms with Crippen LogP contribution in [0.15, 0.2) is 63.2 Å². The molecule has 0 bridgehead atoms. The molecule has 0 saturated carbocycles. The van der Waals surface area contributed by atoms with Crippen molar-refractivity contribution < 1.29 is 0 Å². The van der Waals surface area contributed by atoms with E-state index in [1.165, 1.54) is 18.4 Å². The van der Waals surface area contributed by atoms with Crippen LogP contribution < -0.4 is 0 Å². The van der Waals surface area contributed by atoms with Crippen LogP contribution >= 0.6 is 15.9 Å². The molecule has 0 fully saturated rings. The summed E-state index contributed by atoms with van der Waals surface area (Å²) >= 11 is 3.40. The summed E-state index contributed by atoms with van der Waals surface area (Å²) in [5.41, 5.74) is 3.12. The zero-order valence-corrected chi connectivity index (χ0v) is 12.6. The normalized spacial score (nSPS) is 11.1. The van der Waals surface area contributed by atoms with E-state index in [9.17, 15) is 0 Å².